The first-order chi connectivity index (χ1) is 14.9. The number of benzene rings is 1. The van der Waals surface area contributed by atoms with Crippen molar-refractivity contribution in [2.24, 2.45) is 0 Å². The second-order valence-electron chi connectivity index (χ2n) is 8.33. The molecule has 1 aromatic heterocycles. The highest BCUT2D eigenvalue weighted by molar-refractivity contribution is 5.75. The highest BCUT2D eigenvalue weighted by atomic mass is 19.4. The third kappa shape index (κ3) is 2.97. The molecule has 0 radical (unpaired) electrons. The number of hydrogen-bond acceptors (Lipinski definition) is 5. The van der Waals surface area contributed by atoms with Gasteiger partial charge >= 0.3 is 12.2 Å². The number of halogens is 3. The van der Waals surface area contributed by atoms with E-state index in [2.05, 4.69) is 5.32 Å². The molecule has 11 heteroatoms. The van der Waals surface area contributed by atoms with Crippen LogP contribution in [0.3, 0.4) is 0 Å². The van der Waals surface area contributed by atoms with E-state index in [1.165, 1.54) is 17.0 Å². The summed E-state index contributed by atoms with van der Waals surface area (Å²) < 4.78 is 47.3. The van der Waals surface area contributed by atoms with Gasteiger partial charge in [0.15, 0.2) is 0 Å². The number of nitrogens with one attached hydrogen (secondary N) is 1. The van der Waals surface area contributed by atoms with Gasteiger partial charge in [-0.1, -0.05) is 0 Å². The first-order valence-corrected chi connectivity index (χ1v) is 9.88. The van der Waals surface area contributed by atoms with Crippen LogP contribution in [-0.4, -0.2) is 45.3 Å². The molecule has 1 fully saturated rings. The van der Waals surface area contributed by atoms with Gasteiger partial charge in [-0.05, 0) is 39.0 Å². The number of carbonyl (C=O) groups is 1. The van der Waals surface area contributed by atoms with Gasteiger partial charge in [-0.2, -0.15) is 18.4 Å². The number of urea groups is 1. The fourth-order valence-electron chi connectivity index (χ4n) is 4.81. The number of morpholine rings is 1. The minimum absolute atomic E-state index is 0.0691. The Bertz CT molecular complexity index is 1130. The zero-order valence-electron chi connectivity index (χ0n) is 17.5. The van der Waals surface area contributed by atoms with Crippen LogP contribution in [-0.2, 0) is 22.1 Å². The highest BCUT2D eigenvalue weighted by Crippen LogP contribution is 2.59. The molecule has 3 N–H and O–H groups in total. The number of aromatic hydroxyl groups is 2. The maximum Gasteiger partial charge on any atom is 0.417 e. The van der Waals surface area contributed by atoms with Crippen molar-refractivity contribution in [2.45, 2.75) is 38.1 Å². The molecular formula is C21H21F3N4O4. The second-order valence-corrected chi connectivity index (χ2v) is 8.33. The molecular weight excluding hydrogens is 429 g/mol. The summed E-state index contributed by atoms with van der Waals surface area (Å²) in [6.45, 7) is 5.62. The van der Waals surface area contributed by atoms with E-state index in [1.54, 1.807) is 20.8 Å². The van der Waals surface area contributed by atoms with Gasteiger partial charge in [0, 0.05) is 6.54 Å². The monoisotopic (exact) mass is 450 g/mol. The van der Waals surface area contributed by atoms with E-state index >= 15 is 0 Å². The normalized spacial score (nSPS) is 24.2. The fourth-order valence-corrected chi connectivity index (χ4v) is 4.81. The van der Waals surface area contributed by atoms with Crippen molar-refractivity contribution < 1.29 is 32.9 Å². The number of nitriles is 1. The zero-order chi connectivity index (χ0) is 23.6. The van der Waals surface area contributed by atoms with Crippen molar-refractivity contribution in [1.29, 1.82) is 5.26 Å². The average Bonchev–Trinajstić information content (AvgIpc) is 3.07. The van der Waals surface area contributed by atoms with Crippen LogP contribution >= 0.6 is 0 Å². The minimum Gasteiger partial charge on any atom is -0.494 e. The van der Waals surface area contributed by atoms with Gasteiger partial charge in [-0.25, -0.2) is 4.79 Å². The van der Waals surface area contributed by atoms with E-state index in [-0.39, 0.29) is 35.9 Å². The van der Waals surface area contributed by atoms with Gasteiger partial charge in [0.05, 0.1) is 47.1 Å². The van der Waals surface area contributed by atoms with Crippen LogP contribution in [0.15, 0.2) is 18.2 Å². The molecule has 2 aromatic rings. The van der Waals surface area contributed by atoms with Crippen molar-refractivity contribution >= 4 is 6.03 Å². The number of nitrogens with zero attached hydrogens (tertiary/aromatic N) is 3. The average molecular weight is 450 g/mol. The topological polar surface area (TPSA) is 111 Å². The smallest absolute Gasteiger partial charge is 0.417 e. The Morgan fingerprint density at radius 2 is 1.78 bits per heavy atom. The Balaban J connectivity index is 1.87. The molecule has 0 spiro atoms. The number of carbonyl (C=O) groups excluding carboxylic acids is 1. The molecule has 2 unspecified atom stereocenters. The first-order valence-electron chi connectivity index (χ1n) is 9.88. The zero-order valence-corrected chi connectivity index (χ0v) is 17.5. The fraction of sp³-hybridized carbons (Fsp3) is 0.429. The summed E-state index contributed by atoms with van der Waals surface area (Å²) in [7, 11) is 0. The van der Waals surface area contributed by atoms with E-state index in [0.29, 0.717) is 12.6 Å². The quantitative estimate of drug-likeness (QED) is 0.650. The Labute approximate surface area is 181 Å². The summed E-state index contributed by atoms with van der Waals surface area (Å²) in [6, 6.07) is 4.08. The Morgan fingerprint density at radius 3 is 2.25 bits per heavy atom. The molecule has 2 atom stereocenters. The molecule has 2 amide bonds. The number of amides is 2. The number of aromatic nitrogens is 1. The van der Waals surface area contributed by atoms with Crippen LogP contribution in [0.1, 0.15) is 43.0 Å². The molecule has 4 rings (SSSR count). The highest BCUT2D eigenvalue weighted by Gasteiger charge is 2.59. The molecule has 0 aliphatic carbocycles. The van der Waals surface area contributed by atoms with Gasteiger partial charge in [0.25, 0.3) is 0 Å². The number of fused-ring (bicyclic) bond motifs is 5. The van der Waals surface area contributed by atoms with Gasteiger partial charge in [-0.3, -0.25) is 4.57 Å². The van der Waals surface area contributed by atoms with E-state index in [0.717, 1.165) is 10.6 Å². The number of ether oxygens (including phenoxy) is 1. The molecule has 1 aromatic carbocycles. The molecule has 1 saturated heterocycles. The largest absolute Gasteiger partial charge is 0.494 e. The maximum atomic E-state index is 13.4. The van der Waals surface area contributed by atoms with Gasteiger partial charge in [-0.15, -0.1) is 0 Å². The van der Waals surface area contributed by atoms with Crippen molar-refractivity contribution in [3.05, 3.63) is 40.5 Å². The molecule has 3 heterocycles. The molecule has 2 aliphatic heterocycles. The minimum atomic E-state index is -4.80. The lowest BCUT2D eigenvalue weighted by Crippen LogP contribution is -2.56. The lowest BCUT2D eigenvalue weighted by atomic mass is 9.94. The number of hydrogen-bond donors (Lipinski definition) is 3. The number of rotatable bonds is 2. The van der Waals surface area contributed by atoms with Crippen LogP contribution < -0.4 is 5.32 Å². The summed E-state index contributed by atoms with van der Waals surface area (Å²) in [5.41, 5.74) is -3.88. The maximum absolute atomic E-state index is 13.4. The second kappa shape index (κ2) is 6.80. The van der Waals surface area contributed by atoms with Crippen LogP contribution in [0, 0.1) is 11.3 Å². The van der Waals surface area contributed by atoms with Crippen molar-refractivity contribution in [3.8, 4) is 23.5 Å². The predicted octanol–water partition coefficient (Wildman–Crippen LogP) is 3.28. The summed E-state index contributed by atoms with van der Waals surface area (Å²) >= 11 is 0. The van der Waals surface area contributed by atoms with Crippen LogP contribution in [0.4, 0.5) is 18.0 Å². The Morgan fingerprint density at radius 1 is 1.22 bits per heavy atom. The van der Waals surface area contributed by atoms with Crippen LogP contribution in [0.5, 0.6) is 11.8 Å². The molecule has 2 aliphatic rings. The number of alkyl halides is 3. The third-order valence-corrected chi connectivity index (χ3v) is 5.92. The molecule has 32 heavy (non-hydrogen) atoms. The first kappa shape index (κ1) is 21.8. The Hall–Kier alpha value is -3.39. The molecule has 2 bridgehead atoms. The summed E-state index contributed by atoms with van der Waals surface area (Å²) in [4.78, 5) is 13.9. The summed E-state index contributed by atoms with van der Waals surface area (Å²) in [5.74, 6) is -0.974. The summed E-state index contributed by atoms with van der Waals surface area (Å²) in [6.07, 6.45) is -4.80. The standard InChI is InChI=1S/C21H21F3N4O4/c1-4-26-18(31)27-9-19(2)14-15(20(3,10-27)32-19)17(30)28(16(14)29)12-6-5-11(8-25)13(7-12)21(22,23)24/h5-7,29-30H,4,9-10H2,1-3H3,(H,26,31). The molecule has 8 nitrogen and oxygen atoms in total. The van der Waals surface area contributed by atoms with E-state index < -0.39 is 40.3 Å². The van der Waals surface area contributed by atoms with Gasteiger partial charge in [0.1, 0.15) is 11.2 Å². The van der Waals surface area contributed by atoms with Gasteiger partial charge in [0.2, 0.25) is 11.8 Å². The van der Waals surface area contributed by atoms with Crippen molar-refractivity contribution in [1.82, 2.24) is 14.8 Å². The molecule has 0 saturated carbocycles. The van der Waals surface area contributed by atoms with Gasteiger partial charge < -0.3 is 25.2 Å². The third-order valence-electron chi connectivity index (χ3n) is 5.92. The lowest BCUT2D eigenvalue weighted by Gasteiger charge is -2.43. The van der Waals surface area contributed by atoms with E-state index in [1.807, 2.05) is 0 Å². The predicted molar refractivity (Wildman–Crippen MR) is 105 cm³/mol. The summed E-state index contributed by atoms with van der Waals surface area (Å²) in [5, 5.41) is 33.8. The SMILES string of the molecule is CCNC(=O)N1CC2(C)OC(C)(C1)c1c2c(O)n(-c2ccc(C#N)c(C(F)(F)F)c2)c1O. The van der Waals surface area contributed by atoms with Crippen molar-refractivity contribution in [3.63, 3.8) is 0 Å². The van der Waals surface area contributed by atoms with E-state index in [9.17, 15) is 28.2 Å². The van der Waals surface area contributed by atoms with Crippen molar-refractivity contribution in [2.75, 3.05) is 19.6 Å². The molecule has 170 valence electrons. The van der Waals surface area contributed by atoms with Crippen LogP contribution in [0.2, 0.25) is 0 Å². The Kier molecular flexibility index (Phi) is 4.64. The lowest BCUT2D eigenvalue weighted by molar-refractivity contribution is -0.176. The van der Waals surface area contributed by atoms with Crippen LogP contribution in [0.25, 0.3) is 5.69 Å². The van der Waals surface area contributed by atoms with E-state index in [4.69, 9.17) is 10.00 Å².